The molecule has 0 amide bonds. The first-order valence-electron chi connectivity index (χ1n) is 4.41. The van der Waals surface area contributed by atoms with Crippen LogP contribution in [0.3, 0.4) is 0 Å². The number of rotatable bonds is 5. The van der Waals surface area contributed by atoms with Crippen LogP contribution in [0.4, 0.5) is 0 Å². The zero-order valence-electron chi connectivity index (χ0n) is 7.52. The Balaban J connectivity index is 2.20. The van der Waals surface area contributed by atoms with Crippen LogP contribution in [0.15, 0.2) is 35.3 Å². The van der Waals surface area contributed by atoms with E-state index in [0.717, 1.165) is 19.4 Å². The third-order valence-corrected chi connectivity index (χ3v) is 1.76. The Hall–Kier alpha value is -1.44. The Bertz CT molecular complexity index is 267. The van der Waals surface area contributed by atoms with E-state index in [1.807, 2.05) is 18.2 Å². The van der Waals surface area contributed by atoms with Gasteiger partial charge in [0.1, 0.15) is 0 Å². The van der Waals surface area contributed by atoms with Crippen molar-refractivity contribution < 1.29 is 4.79 Å². The zero-order valence-corrected chi connectivity index (χ0v) is 7.52. The van der Waals surface area contributed by atoms with Gasteiger partial charge in [-0.15, -0.1) is 0 Å². The SMILES string of the molecule is O=CC=NCCCc1ccccc1. The van der Waals surface area contributed by atoms with Crippen LogP contribution in [0.1, 0.15) is 12.0 Å². The molecule has 0 radical (unpaired) electrons. The normalized spacial score (nSPS) is 10.5. The van der Waals surface area contributed by atoms with Gasteiger partial charge in [0.25, 0.3) is 0 Å². The molecule has 68 valence electrons. The number of aliphatic imine (C=N–C) groups is 1. The lowest BCUT2D eigenvalue weighted by Gasteiger charge is -1.97. The molecule has 0 atom stereocenters. The maximum atomic E-state index is 9.89. The minimum Gasteiger partial charge on any atom is -0.297 e. The summed E-state index contributed by atoms with van der Waals surface area (Å²) in [6.07, 6.45) is 4.04. The number of nitrogens with zero attached hydrogens (tertiary/aromatic N) is 1. The van der Waals surface area contributed by atoms with Gasteiger partial charge in [0.05, 0.1) is 6.21 Å². The monoisotopic (exact) mass is 175 g/mol. The van der Waals surface area contributed by atoms with Crippen molar-refractivity contribution in [3.63, 3.8) is 0 Å². The lowest BCUT2D eigenvalue weighted by molar-refractivity contribution is -0.102. The third-order valence-electron chi connectivity index (χ3n) is 1.76. The highest BCUT2D eigenvalue weighted by Crippen LogP contribution is 2.01. The van der Waals surface area contributed by atoms with E-state index in [2.05, 4.69) is 17.1 Å². The van der Waals surface area contributed by atoms with Gasteiger partial charge in [-0.3, -0.25) is 9.79 Å². The van der Waals surface area contributed by atoms with Gasteiger partial charge in [-0.05, 0) is 18.4 Å². The molecule has 0 unspecified atom stereocenters. The van der Waals surface area contributed by atoms with Crippen LogP contribution in [0.5, 0.6) is 0 Å². The molecule has 0 spiro atoms. The van der Waals surface area contributed by atoms with Crippen LogP contribution in [0.25, 0.3) is 0 Å². The second-order valence-electron chi connectivity index (χ2n) is 2.78. The lowest BCUT2D eigenvalue weighted by Crippen LogP contribution is -1.88. The van der Waals surface area contributed by atoms with Gasteiger partial charge in [-0.25, -0.2) is 0 Å². The molecule has 0 aromatic heterocycles. The van der Waals surface area contributed by atoms with E-state index < -0.39 is 0 Å². The predicted molar refractivity (Wildman–Crippen MR) is 54.2 cm³/mol. The van der Waals surface area contributed by atoms with Gasteiger partial charge in [-0.2, -0.15) is 0 Å². The first kappa shape index (κ1) is 9.65. The topological polar surface area (TPSA) is 29.4 Å². The van der Waals surface area contributed by atoms with E-state index in [-0.39, 0.29) is 0 Å². The molecular formula is C11H13NO. The molecule has 2 nitrogen and oxygen atoms in total. The van der Waals surface area contributed by atoms with Gasteiger partial charge in [0, 0.05) is 6.54 Å². The molecule has 0 saturated carbocycles. The Morgan fingerprint density at radius 1 is 1.23 bits per heavy atom. The minimum absolute atomic E-state index is 0.711. The summed E-state index contributed by atoms with van der Waals surface area (Å²) in [6, 6.07) is 10.3. The summed E-state index contributed by atoms with van der Waals surface area (Å²) in [5.41, 5.74) is 1.32. The van der Waals surface area contributed by atoms with Gasteiger partial charge in [0.2, 0.25) is 0 Å². The number of carbonyl (C=O) groups excluding carboxylic acids is 1. The largest absolute Gasteiger partial charge is 0.297 e. The molecule has 1 aromatic rings. The first-order valence-corrected chi connectivity index (χ1v) is 4.41. The summed E-state index contributed by atoms with van der Waals surface area (Å²) in [5, 5.41) is 0. The van der Waals surface area contributed by atoms with Gasteiger partial charge >= 0.3 is 0 Å². The molecule has 0 aliphatic carbocycles. The molecule has 0 fully saturated rings. The molecule has 0 aliphatic heterocycles. The van der Waals surface area contributed by atoms with Gasteiger partial charge in [-0.1, -0.05) is 30.3 Å². The maximum Gasteiger partial charge on any atom is 0.160 e. The van der Waals surface area contributed by atoms with Crippen molar-refractivity contribution in [2.24, 2.45) is 4.99 Å². The van der Waals surface area contributed by atoms with E-state index in [9.17, 15) is 4.79 Å². The van der Waals surface area contributed by atoms with Crippen molar-refractivity contribution in [2.75, 3.05) is 6.54 Å². The fraction of sp³-hybridized carbons (Fsp3) is 0.273. The van der Waals surface area contributed by atoms with Crippen molar-refractivity contribution >= 4 is 12.5 Å². The fourth-order valence-electron chi connectivity index (χ4n) is 1.14. The van der Waals surface area contributed by atoms with Crippen LogP contribution in [0.2, 0.25) is 0 Å². The number of aryl methyl sites for hydroxylation is 1. The summed E-state index contributed by atoms with van der Waals surface area (Å²) < 4.78 is 0. The summed E-state index contributed by atoms with van der Waals surface area (Å²) in [4.78, 5) is 13.8. The summed E-state index contributed by atoms with van der Waals surface area (Å²) >= 11 is 0. The number of aldehydes is 1. The predicted octanol–water partition coefficient (Wildman–Crippen LogP) is 1.89. The zero-order chi connectivity index (χ0) is 9.36. The fourth-order valence-corrected chi connectivity index (χ4v) is 1.14. The minimum atomic E-state index is 0.711. The molecule has 1 aromatic carbocycles. The lowest BCUT2D eigenvalue weighted by atomic mass is 10.1. The molecule has 0 aliphatic rings. The first-order chi connectivity index (χ1) is 6.43. The highest BCUT2D eigenvalue weighted by atomic mass is 16.1. The van der Waals surface area contributed by atoms with Crippen LogP contribution in [-0.2, 0) is 11.2 Å². The Morgan fingerprint density at radius 2 is 2.00 bits per heavy atom. The van der Waals surface area contributed by atoms with E-state index in [4.69, 9.17) is 0 Å². The molecule has 1 rings (SSSR count). The second kappa shape index (κ2) is 6.12. The standard InChI is InChI=1S/C11H13NO/c13-10-9-12-8-4-7-11-5-2-1-3-6-11/h1-3,5-6,9-10H,4,7-8H2. The Kier molecular flexibility index (Phi) is 4.54. The number of carbonyl (C=O) groups is 1. The number of hydrogen-bond donors (Lipinski definition) is 0. The Labute approximate surface area is 78.3 Å². The molecule has 0 N–H and O–H groups in total. The second-order valence-corrected chi connectivity index (χ2v) is 2.78. The van der Waals surface area contributed by atoms with Crippen molar-refractivity contribution in [1.82, 2.24) is 0 Å². The smallest absolute Gasteiger partial charge is 0.160 e. The highest BCUT2D eigenvalue weighted by molar-refractivity contribution is 6.12. The summed E-state index contributed by atoms with van der Waals surface area (Å²) in [7, 11) is 0. The molecule has 13 heavy (non-hydrogen) atoms. The van der Waals surface area contributed by atoms with Crippen LogP contribution >= 0.6 is 0 Å². The molecule has 0 heterocycles. The number of benzene rings is 1. The van der Waals surface area contributed by atoms with Gasteiger partial charge < -0.3 is 0 Å². The van der Waals surface area contributed by atoms with E-state index in [1.54, 1.807) is 0 Å². The molecule has 2 heteroatoms. The van der Waals surface area contributed by atoms with Crippen molar-refractivity contribution in [1.29, 1.82) is 0 Å². The van der Waals surface area contributed by atoms with Crippen LogP contribution < -0.4 is 0 Å². The molecule has 0 bridgehead atoms. The van der Waals surface area contributed by atoms with Crippen molar-refractivity contribution in [3.05, 3.63) is 35.9 Å². The average molecular weight is 175 g/mol. The van der Waals surface area contributed by atoms with E-state index in [1.165, 1.54) is 11.8 Å². The average Bonchev–Trinajstić information content (AvgIpc) is 2.19. The van der Waals surface area contributed by atoms with Gasteiger partial charge in [0.15, 0.2) is 6.29 Å². The molecule has 0 saturated heterocycles. The number of hydrogen-bond acceptors (Lipinski definition) is 2. The van der Waals surface area contributed by atoms with E-state index in [0.29, 0.717) is 6.29 Å². The highest BCUT2D eigenvalue weighted by Gasteiger charge is 1.89. The van der Waals surface area contributed by atoms with Crippen LogP contribution in [-0.4, -0.2) is 19.0 Å². The summed E-state index contributed by atoms with van der Waals surface area (Å²) in [6.45, 7) is 0.730. The molecular weight excluding hydrogens is 162 g/mol. The van der Waals surface area contributed by atoms with Crippen molar-refractivity contribution in [2.45, 2.75) is 12.8 Å². The van der Waals surface area contributed by atoms with Crippen molar-refractivity contribution in [3.8, 4) is 0 Å². The Morgan fingerprint density at radius 3 is 2.69 bits per heavy atom. The third kappa shape index (κ3) is 4.21. The quantitative estimate of drug-likeness (QED) is 0.382. The van der Waals surface area contributed by atoms with E-state index >= 15 is 0 Å². The maximum absolute atomic E-state index is 9.89. The van der Waals surface area contributed by atoms with Crippen LogP contribution in [0, 0.1) is 0 Å². The summed E-state index contributed by atoms with van der Waals surface area (Å²) in [5.74, 6) is 0.